The first-order chi connectivity index (χ1) is 18.7. The highest BCUT2D eigenvalue weighted by Crippen LogP contribution is 2.34. The number of pyridine rings is 4. The molecule has 1 aliphatic carbocycles. The van der Waals surface area contributed by atoms with Crippen LogP contribution in [0.5, 0.6) is 0 Å². The van der Waals surface area contributed by atoms with Crippen LogP contribution in [-0.4, -0.2) is 46.0 Å². The molecule has 0 unspecified atom stereocenters. The van der Waals surface area contributed by atoms with Gasteiger partial charge in [0.05, 0.1) is 17.3 Å². The average Bonchev–Trinajstić information content (AvgIpc) is 3.53. The van der Waals surface area contributed by atoms with Crippen molar-refractivity contribution in [3.63, 3.8) is 0 Å². The average molecular weight is 506 g/mol. The summed E-state index contributed by atoms with van der Waals surface area (Å²) < 4.78 is 16.0. The summed E-state index contributed by atoms with van der Waals surface area (Å²) in [6, 6.07) is 7.34. The molecule has 0 saturated heterocycles. The number of nitrogens with one attached hydrogen (secondary N) is 3. The Morgan fingerprint density at radius 1 is 0.974 bits per heavy atom. The van der Waals surface area contributed by atoms with Gasteiger partial charge >= 0.3 is 0 Å². The summed E-state index contributed by atoms with van der Waals surface area (Å²) >= 11 is 0. The van der Waals surface area contributed by atoms with Gasteiger partial charge in [0.25, 0.3) is 0 Å². The molecule has 3 N–H and O–H groups in total. The molecule has 6 aromatic rings. The first kappa shape index (κ1) is 22.2. The van der Waals surface area contributed by atoms with Crippen LogP contribution in [0.15, 0.2) is 61.4 Å². The predicted molar refractivity (Wildman–Crippen MR) is 139 cm³/mol. The van der Waals surface area contributed by atoms with E-state index in [2.05, 4.69) is 40.4 Å². The van der Waals surface area contributed by atoms with E-state index in [1.165, 1.54) is 12.4 Å². The molecule has 0 radical (unpaired) electrons. The SMILES string of the molecule is O=C(Nc1cncc(-c2cnc3[nH]nc(-c4nc5c(-c6cccnc6)ccnc5[nH]4)c3c2F)c1)C1CCC1. The molecule has 1 aliphatic rings. The maximum absolute atomic E-state index is 16.0. The second kappa shape index (κ2) is 8.80. The topological polar surface area (TPSA) is 138 Å². The van der Waals surface area contributed by atoms with Gasteiger partial charge in [0.1, 0.15) is 17.0 Å². The van der Waals surface area contributed by atoms with Crippen molar-refractivity contribution < 1.29 is 9.18 Å². The number of aromatic amines is 2. The van der Waals surface area contributed by atoms with Crippen LogP contribution in [0.4, 0.5) is 10.1 Å². The summed E-state index contributed by atoms with van der Waals surface area (Å²) in [5.41, 5.74) is 4.69. The molecule has 1 saturated carbocycles. The van der Waals surface area contributed by atoms with Gasteiger partial charge in [-0.05, 0) is 31.0 Å². The first-order valence-electron chi connectivity index (χ1n) is 12.2. The number of halogens is 1. The van der Waals surface area contributed by atoms with E-state index in [1.807, 2.05) is 18.2 Å². The minimum absolute atomic E-state index is 0.0267. The Labute approximate surface area is 214 Å². The summed E-state index contributed by atoms with van der Waals surface area (Å²) in [6.07, 6.45) is 12.5. The summed E-state index contributed by atoms with van der Waals surface area (Å²) in [5.74, 6) is -0.180. The fourth-order valence-corrected chi connectivity index (χ4v) is 4.68. The number of H-pyrrole nitrogens is 2. The Balaban J connectivity index is 1.30. The maximum atomic E-state index is 16.0. The number of aromatic nitrogens is 8. The van der Waals surface area contributed by atoms with E-state index < -0.39 is 5.82 Å². The third kappa shape index (κ3) is 3.67. The van der Waals surface area contributed by atoms with Crippen molar-refractivity contribution in [3.8, 4) is 33.8 Å². The third-order valence-electron chi connectivity index (χ3n) is 6.90. The van der Waals surface area contributed by atoms with Crippen LogP contribution in [0, 0.1) is 11.7 Å². The fourth-order valence-electron chi connectivity index (χ4n) is 4.68. The van der Waals surface area contributed by atoms with Gasteiger partial charge in [-0.15, -0.1) is 0 Å². The van der Waals surface area contributed by atoms with Crippen molar-refractivity contribution in [2.75, 3.05) is 5.32 Å². The fraction of sp³-hybridized carbons (Fsp3) is 0.148. The van der Waals surface area contributed by atoms with Gasteiger partial charge in [-0.1, -0.05) is 12.5 Å². The van der Waals surface area contributed by atoms with Crippen LogP contribution in [-0.2, 0) is 4.79 Å². The zero-order chi connectivity index (χ0) is 25.6. The zero-order valence-electron chi connectivity index (χ0n) is 19.9. The van der Waals surface area contributed by atoms with Gasteiger partial charge in [0.2, 0.25) is 5.91 Å². The van der Waals surface area contributed by atoms with Gasteiger partial charge in [-0.25, -0.2) is 19.3 Å². The number of carbonyl (C=O) groups is 1. The second-order valence-corrected chi connectivity index (χ2v) is 9.24. The summed E-state index contributed by atoms with van der Waals surface area (Å²) in [4.78, 5) is 37.4. The molecular weight excluding hydrogens is 485 g/mol. The minimum atomic E-state index is -0.524. The standard InChI is InChI=1S/C27H20FN9O/c28-21-19(16-9-17(12-30-11-16)33-27(38)14-3-1-4-14)13-32-24-20(21)23(36-37-24)26-34-22-18(6-8-31-25(22)35-26)15-5-2-7-29-10-15/h2,5-14H,1,3-4H2,(H,33,38)(H,31,34,35)(H,32,36,37). The van der Waals surface area contributed by atoms with Crippen molar-refractivity contribution in [2.24, 2.45) is 5.92 Å². The highest BCUT2D eigenvalue weighted by Gasteiger charge is 2.26. The van der Waals surface area contributed by atoms with Crippen LogP contribution < -0.4 is 5.32 Å². The molecule has 10 nitrogen and oxygen atoms in total. The molecule has 0 spiro atoms. The molecule has 6 aromatic heterocycles. The maximum Gasteiger partial charge on any atom is 0.227 e. The Morgan fingerprint density at radius 2 is 1.87 bits per heavy atom. The summed E-state index contributed by atoms with van der Waals surface area (Å²) in [7, 11) is 0. The number of anilines is 1. The lowest BCUT2D eigenvalue weighted by Crippen LogP contribution is -2.28. The zero-order valence-corrected chi connectivity index (χ0v) is 19.9. The number of fused-ring (bicyclic) bond motifs is 2. The molecule has 0 aromatic carbocycles. The van der Waals surface area contributed by atoms with Crippen LogP contribution in [0.1, 0.15) is 19.3 Å². The van der Waals surface area contributed by atoms with Gasteiger partial charge in [0, 0.05) is 59.2 Å². The number of rotatable bonds is 5. The quantitative estimate of drug-likeness (QED) is 0.303. The molecule has 0 bridgehead atoms. The van der Waals surface area contributed by atoms with Gasteiger partial charge in [-0.3, -0.25) is 19.9 Å². The number of nitrogens with zero attached hydrogens (tertiary/aromatic N) is 6. The van der Waals surface area contributed by atoms with Crippen LogP contribution in [0.25, 0.3) is 56.0 Å². The van der Waals surface area contributed by atoms with E-state index >= 15 is 4.39 Å². The molecule has 6 heterocycles. The number of hydrogen-bond donors (Lipinski definition) is 3. The number of hydrogen-bond acceptors (Lipinski definition) is 7. The summed E-state index contributed by atoms with van der Waals surface area (Å²) in [5, 5.41) is 10.2. The highest BCUT2D eigenvalue weighted by atomic mass is 19.1. The van der Waals surface area contributed by atoms with E-state index in [4.69, 9.17) is 4.98 Å². The van der Waals surface area contributed by atoms with Crippen LogP contribution in [0.2, 0.25) is 0 Å². The van der Waals surface area contributed by atoms with Gasteiger partial charge in [0.15, 0.2) is 17.1 Å². The Kier molecular flexibility index (Phi) is 5.13. The van der Waals surface area contributed by atoms with Crippen molar-refractivity contribution in [1.82, 2.24) is 40.1 Å². The van der Waals surface area contributed by atoms with E-state index in [1.54, 1.807) is 30.9 Å². The Bertz CT molecular complexity index is 1830. The predicted octanol–water partition coefficient (Wildman–Crippen LogP) is 4.90. The second-order valence-electron chi connectivity index (χ2n) is 9.24. The summed E-state index contributed by atoms with van der Waals surface area (Å²) in [6.45, 7) is 0. The lowest BCUT2D eigenvalue weighted by atomic mass is 9.85. The molecule has 38 heavy (non-hydrogen) atoms. The molecule has 1 fully saturated rings. The highest BCUT2D eigenvalue weighted by molar-refractivity contribution is 5.97. The van der Waals surface area contributed by atoms with Crippen molar-refractivity contribution >= 4 is 33.8 Å². The Morgan fingerprint density at radius 3 is 2.68 bits per heavy atom. The minimum Gasteiger partial charge on any atom is -0.324 e. The molecule has 0 aliphatic heterocycles. The largest absolute Gasteiger partial charge is 0.324 e. The van der Waals surface area contributed by atoms with E-state index in [-0.39, 0.29) is 34.1 Å². The third-order valence-corrected chi connectivity index (χ3v) is 6.90. The molecule has 11 heteroatoms. The van der Waals surface area contributed by atoms with Gasteiger partial charge < -0.3 is 10.3 Å². The molecule has 7 rings (SSSR count). The van der Waals surface area contributed by atoms with E-state index in [9.17, 15) is 4.79 Å². The molecule has 1 amide bonds. The number of amides is 1. The number of imidazole rings is 1. The smallest absolute Gasteiger partial charge is 0.227 e. The molecule has 186 valence electrons. The lowest BCUT2D eigenvalue weighted by Gasteiger charge is -2.24. The van der Waals surface area contributed by atoms with E-state index in [0.717, 1.165) is 30.4 Å². The van der Waals surface area contributed by atoms with Crippen LogP contribution >= 0.6 is 0 Å². The first-order valence-corrected chi connectivity index (χ1v) is 12.2. The molecular formula is C27H20FN9O. The monoisotopic (exact) mass is 505 g/mol. The van der Waals surface area contributed by atoms with Crippen molar-refractivity contribution in [3.05, 3.63) is 67.3 Å². The Hall–Kier alpha value is -5.06. The van der Waals surface area contributed by atoms with Crippen molar-refractivity contribution in [2.45, 2.75) is 19.3 Å². The normalized spacial score (nSPS) is 13.6. The molecule has 0 atom stereocenters. The van der Waals surface area contributed by atoms with Crippen LogP contribution in [0.3, 0.4) is 0 Å². The van der Waals surface area contributed by atoms with Crippen molar-refractivity contribution in [1.29, 1.82) is 0 Å². The van der Waals surface area contributed by atoms with E-state index in [0.29, 0.717) is 28.2 Å². The lowest BCUT2D eigenvalue weighted by molar-refractivity contribution is -0.122. The van der Waals surface area contributed by atoms with Gasteiger partial charge in [-0.2, -0.15) is 5.10 Å². The number of carbonyl (C=O) groups excluding carboxylic acids is 1.